The smallest absolute Gasteiger partial charge is 0.248 e. The molecule has 5 nitrogen and oxygen atoms in total. The molecule has 0 fully saturated rings. The molecular weight excluding hydrogens is 184 g/mol. The van der Waals surface area contributed by atoms with Crippen LogP contribution in [0.25, 0.3) is 0 Å². The van der Waals surface area contributed by atoms with Crippen LogP contribution in [0.3, 0.4) is 0 Å². The van der Waals surface area contributed by atoms with E-state index in [4.69, 9.17) is 15.7 Å². The zero-order chi connectivity index (χ0) is 10.4. The third kappa shape index (κ3) is 3.04. The molecule has 0 heterocycles. The number of carbonyl (C=O) groups is 1. The molecule has 4 N–H and O–H groups in total. The van der Waals surface area contributed by atoms with Crippen molar-refractivity contribution >= 4 is 11.6 Å². The van der Waals surface area contributed by atoms with Gasteiger partial charge in [-0.05, 0) is 18.2 Å². The number of aliphatic hydroxyl groups excluding tert-OH is 1. The Labute approximate surface area is 81.4 Å². The van der Waals surface area contributed by atoms with E-state index in [1.165, 1.54) is 0 Å². The minimum absolute atomic E-state index is 0.0670. The molecule has 0 atom stereocenters. The van der Waals surface area contributed by atoms with Gasteiger partial charge in [-0.1, -0.05) is 6.07 Å². The maximum atomic E-state index is 10.8. The molecule has 0 aliphatic heterocycles. The van der Waals surface area contributed by atoms with Gasteiger partial charge in [0.1, 0.15) is 0 Å². The van der Waals surface area contributed by atoms with Gasteiger partial charge in [0, 0.05) is 5.56 Å². The van der Waals surface area contributed by atoms with Gasteiger partial charge in [-0.15, -0.1) is 0 Å². The Kier molecular flexibility index (Phi) is 3.90. The third-order valence-corrected chi connectivity index (χ3v) is 1.53. The highest BCUT2D eigenvalue weighted by atomic mass is 16.6. The first-order chi connectivity index (χ1) is 6.74. The van der Waals surface area contributed by atoms with Crippen LogP contribution in [-0.4, -0.2) is 24.2 Å². The van der Waals surface area contributed by atoms with Gasteiger partial charge in [0.25, 0.3) is 0 Å². The van der Waals surface area contributed by atoms with Gasteiger partial charge in [0.2, 0.25) is 5.91 Å². The second-order valence-corrected chi connectivity index (χ2v) is 2.62. The lowest BCUT2D eigenvalue weighted by atomic mass is 10.2. The lowest BCUT2D eigenvalue weighted by molar-refractivity contribution is 0.1000. The molecule has 1 aromatic rings. The molecule has 0 bridgehead atoms. The largest absolute Gasteiger partial charge is 0.394 e. The zero-order valence-electron chi connectivity index (χ0n) is 7.56. The van der Waals surface area contributed by atoms with Crippen LogP contribution < -0.4 is 11.2 Å². The Morgan fingerprint density at radius 3 is 3.00 bits per heavy atom. The van der Waals surface area contributed by atoms with Crippen molar-refractivity contribution in [3.8, 4) is 0 Å². The summed E-state index contributed by atoms with van der Waals surface area (Å²) in [4.78, 5) is 15.6. The van der Waals surface area contributed by atoms with Crippen molar-refractivity contribution in [2.75, 3.05) is 18.7 Å². The number of nitrogens with two attached hydrogens (primary N) is 1. The van der Waals surface area contributed by atoms with Gasteiger partial charge >= 0.3 is 0 Å². The maximum Gasteiger partial charge on any atom is 0.248 e. The predicted octanol–water partition coefficient (Wildman–Crippen LogP) is 0.121. The number of benzene rings is 1. The number of rotatable bonds is 5. The molecule has 0 spiro atoms. The zero-order valence-corrected chi connectivity index (χ0v) is 7.56. The van der Waals surface area contributed by atoms with Gasteiger partial charge in [-0.3, -0.25) is 15.1 Å². The third-order valence-electron chi connectivity index (χ3n) is 1.53. The molecular formula is C9H12N2O3. The summed E-state index contributed by atoms with van der Waals surface area (Å²) in [5.41, 5.74) is 8.69. The standard InChI is InChI=1S/C9H12N2O3/c10-9(13)7-2-1-3-8(6-7)11-14-5-4-12/h1-3,6,11-12H,4-5H2,(H2,10,13). The molecule has 0 saturated heterocycles. The first-order valence-corrected chi connectivity index (χ1v) is 4.12. The van der Waals surface area contributed by atoms with Crippen molar-refractivity contribution in [3.05, 3.63) is 29.8 Å². The number of nitrogens with one attached hydrogen (secondary N) is 1. The van der Waals surface area contributed by atoms with Crippen molar-refractivity contribution < 1.29 is 14.7 Å². The summed E-state index contributed by atoms with van der Waals surface area (Å²) in [6.07, 6.45) is 0. The van der Waals surface area contributed by atoms with Crippen LogP contribution in [0.4, 0.5) is 5.69 Å². The Balaban J connectivity index is 2.59. The first kappa shape index (κ1) is 10.5. The highest BCUT2D eigenvalue weighted by molar-refractivity contribution is 5.93. The SMILES string of the molecule is NC(=O)c1cccc(NOCCO)c1. The summed E-state index contributed by atoms with van der Waals surface area (Å²) in [7, 11) is 0. The number of hydrogen-bond acceptors (Lipinski definition) is 4. The van der Waals surface area contributed by atoms with Crippen molar-refractivity contribution in [2.45, 2.75) is 0 Å². The molecule has 1 rings (SSSR count). The van der Waals surface area contributed by atoms with Gasteiger partial charge in [0.05, 0.1) is 18.9 Å². The molecule has 5 heteroatoms. The van der Waals surface area contributed by atoms with Gasteiger partial charge in [0.15, 0.2) is 0 Å². The van der Waals surface area contributed by atoms with Crippen LogP contribution in [0.5, 0.6) is 0 Å². The Morgan fingerprint density at radius 2 is 2.36 bits per heavy atom. The molecule has 1 aromatic carbocycles. The van der Waals surface area contributed by atoms with Gasteiger partial charge in [-0.25, -0.2) is 0 Å². The quantitative estimate of drug-likeness (QED) is 0.461. The van der Waals surface area contributed by atoms with Crippen LogP contribution in [0, 0.1) is 0 Å². The van der Waals surface area contributed by atoms with E-state index in [9.17, 15) is 4.79 Å². The normalized spacial score (nSPS) is 9.79. The van der Waals surface area contributed by atoms with Crippen LogP contribution in [0.15, 0.2) is 24.3 Å². The Hall–Kier alpha value is -1.59. The van der Waals surface area contributed by atoms with Gasteiger partial charge in [-0.2, -0.15) is 0 Å². The molecule has 0 unspecified atom stereocenters. The molecule has 0 aliphatic carbocycles. The first-order valence-electron chi connectivity index (χ1n) is 4.12. The summed E-state index contributed by atoms with van der Waals surface area (Å²) < 4.78 is 0. The van der Waals surface area contributed by atoms with E-state index in [-0.39, 0.29) is 13.2 Å². The second-order valence-electron chi connectivity index (χ2n) is 2.62. The summed E-state index contributed by atoms with van der Waals surface area (Å²) >= 11 is 0. The lowest BCUT2D eigenvalue weighted by Gasteiger charge is -2.05. The average molecular weight is 196 g/mol. The molecule has 0 aromatic heterocycles. The second kappa shape index (κ2) is 5.21. The Bertz CT molecular complexity index is 315. The van der Waals surface area contributed by atoms with E-state index in [0.29, 0.717) is 11.3 Å². The lowest BCUT2D eigenvalue weighted by Crippen LogP contribution is -2.11. The van der Waals surface area contributed by atoms with E-state index < -0.39 is 5.91 Å². The van der Waals surface area contributed by atoms with Crippen molar-refractivity contribution in [2.24, 2.45) is 5.73 Å². The monoisotopic (exact) mass is 196 g/mol. The van der Waals surface area contributed by atoms with Crippen molar-refractivity contribution in [1.29, 1.82) is 0 Å². The van der Waals surface area contributed by atoms with E-state index in [0.717, 1.165) is 0 Å². The average Bonchev–Trinajstić information content (AvgIpc) is 2.19. The number of amides is 1. The van der Waals surface area contributed by atoms with E-state index in [2.05, 4.69) is 5.48 Å². The van der Waals surface area contributed by atoms with Gasteiger partial charge < -0.3 is 10.8 Å². The fourth-order valence-corrected chi connectivity index (χ4v) is 0.916. The van der Waals surface area contributed by atoms with Crippen LogP contribution >= 0.6 is 0 Å². The number of primary amides is 1. The Morgan fingerprint density at radius 1 is 1.57 bits per heavy atom. The highest BCUT2D eigenvalue weighted by Gasteiger charge is 2.00. The number of anilines is 1. The minimum Gasteiger partial charge on any atom is -0.394 e. The summed E-state index contributed by atoms with van der Waals surface area (Å²) in [5, 5.41) is 8.45. The molecule has 0 radical (unpaired) electrons. The predicted molar refractivity (Wildman–Crippen MR) is 51.6 cm³/mol. The van der Waals surface area contributed by atoms with E-state index in [1.807, 2.05) is 0 Å². The number of aliphatic hydroxyl groups is 1. The van der Waals surface area contributed by atoms with Crippen molar-refractivity contribution in [1.82, 2.24) is 0 Å². The number of hydrogen-bond donors (Lipinski definition) is 3. The van der Waals surface area contributed by atoms with Crippen molar-refractivity contribution in [3.63, 3.8) is 0 Å². The molecule has 0 saturated carbocycles. The maximum absolute atomic E-state index is 10.8. The summed E-state index contributed by atoms with van der Waals surface area (Å²) in [5.74, 6) is -0.490. The van der Waals surface area contributed by atoms with E-state index in [1.54, 1.807) is 24.3 Å². The summed E-state index contributed by atoms with van der Waals surface area (Å²) in [6.45, 7) is 0.114. The fraction of sp³-hybridized carbons (Fsp3) is 0.222. The summed E-state index contributed by atoms with van der Waals surface area (Å²) in [6, 6.07) is 6.59. The molecule has 1 amide bonds. The molecule has 76 valence electrons. The highest BCUT2D eigenvalue weighted by Crippen LogP contribution is 2.09. The van der Waals surface area contributed by atoms with Crippen LogP contribution in [0.1, 0.15) is 10.4 Å². The van der Waals surface area contributed by atoms with Crippen LogP contribution in [0.2, 0.25) is 0 Å². The minimum atomic E-state index is -0.490. The molecule has 0 aliphatic rings. The van der Waals surface area contributed by atoms with E-state index >= 15 is 0 Å². The fourth-order valence-electron chi connectivity index (χ4n) is 0.916. The van der Waals surface area contributed by atoms with Crippen LogP contribution in [-0.2, 0) is 4.84 Å². The number of carbonyl (C=O) groups excluding carboxylic acids is 1. The molecule has 14 heavy (non-hydrogen) atoms. The topological polar surface area (TPSA) is 84.6 Å².